The fraction of sp³-hybridized carbons (Fsp3) is 0.700. The lowest BCUT2D eigenvalue weighted by atomic mass is 9.94. The van der Waals surface area contributed by atoms with Crippen molar-refractivity contribution in [2.24, 2.45) is 5.11 Å². The zero-order valence-electron chi connectivity index (χ0n) is 8.28. The van der Waals surface area contributed by atoms with Crippen molar-refractivity contribution in [2.45, 2.75) is 38.5 Å². The number of rotatable bonds is 5. The van der Waals surface area contributed by atoms with E-state index in [0.717, 1.165) is 37.7 Å². The SMILES string of the molecule is [N-]=[N+]=NCCCCC1=CCCCC1=O. The Hall–Kier alpha value is -1.28. The minimum Gasteiger partial charge on any atom is -0.295 e. The molecular weight excluding hydrogens is 178 g/mol. The summed E-state index contributed by atoms with van der Waals surface area (Å²) in [5.41, 5.74) is 9.03. The highest BCUT2D eigenvalue weighted by atomic mass is 16.1. The van der Waals surface area contributed by atoms with Crippen LogP contribution in [0.5, 0.6) is 0 Å². The van der Waals surface area contributed by atoms with Gasteiger partial charge < -0.3 is 0 Å². The van der Waals surface area contributed by atoms with E-state index in [4.69, 9.17) is 5.53 Å². The molecule has 0 saturated carbocycles. The normalized spacial score (nSPS) is 16.0. The molecule has 0 spiro atoms. The van der Waals surface area contributed by atoms with Crippen molar-refractivity contribution >= 4 is 5.78 Å². The van der Waals surface area contributed by atoms with Gasteiger partial charge in [-0.1, -0.05) is 11.2 Å². The van der Waals surface area contributed by atoms with E-state index in [9.17, 15) is 4.79 Å². The predicted octanol–water partition coefficient (Wildman–Crippen LogP) is 3.15. The molecule has 1 aliphatic rings. The van der Waals surface area contributed by atoms with E-state index in [1.165, 1.54) is 0 Å². The Morgan fingerprint density at radius 2 is 2.36 bits per heavy atom. The van der Waals surface area contributed by atoms with E-state index in [1.54, 1.807) is 0 Å². The van der Waals surface area contributed by atoms with Crippen LogP contribution in [0.2, 0.25) is 0 Å². The molecule has 0 amide bonds. The third-order valence-electron chi connectivity index (χ3n) is 2.37. The van der Waals surface area contributed by atoms with Gasteiger partial charge >= 0.3 is 0 Å². The Labute approximate surface area is 83.6 Å². The van der Waals surface area contributed by atoms with Gasteiger partial charge in [-0.3, -0.25) is 4.79 Å². The molecule has 0 N–H and O–H groups in total. The van der Waals surface area contributed by atoms with Crippen molar-refractivity contribution in [1.82, 2.24) is 0 Å². The molecule has 0 aromatic rings. The maximum Gasteiger partial charge on any atom is 0.158 e. The fourth-order valence-electron chi connectivity index (χ4n) is 1.60. The second kappa shape index (κ2) is 6.22. The highest BCUT2D eigenvalue weighted by Gasteiger charge is 2.12. The van der Waals surface area contributed by atoms with E-state index in [2.05, 4.69) is 16.1 Å². The Balaban J connectivity index is 2.20. The number of hydrogen-bond acceptors (Lipinski definition) is 2. The number of nitrogens with zero attached hydrogens (tertiary/aromatic N) is 3. The summed E-state index contributed by atoms with van der Waals surface area (Å²) in [5, 5.41) is 3.45. The molecule has 4 nitrogen and oxygen atoms in total. The highest BCUT2D eigenvalue weighted by molar-refractivity contribution is 5.95. The number of ketones is 1. The summed E-state index contributed by atoms with van der Waals surface area (Å²) >= 11 is 0. The molecule has 0 unspecified atom stereocenters. The third kappa shape index (κ3) is 3.62. The molecule has 0 aromatic carbocycles. The predicted molar refractivity (Wildman–Crippen MR) is 54.8 cm³/mol. The first-order valence-corrected chi connectivity index (χ1v) is 5.07. The molecule has 1 aliphatic carbocycles. The van der Waals surface area contributed by atoms with Crippen LogP contribution >= 0.6 is 0 Å². The Bertz CT molecular complexity index is 277. The van der Waals surface area contributed by atoms with Crippen LogP contribution in [0.15, 0.2) is 16.8 Å². The van der Waals surface area contributed by atoms with Crippen LogP contribution in [0.25, 0.3) is 10.4 Å². The Morgan fingerprint density at radius 1 is 1.50 bits per heavy atom. The van der Waals surface area contributed by atoms with Crippen molar-refractivity contribution in [3.8, 4) is 0 Å². The van der Waals surface area contributed by atoms with Crippen LogP contribution in [0.3, 0.4) is 0 Å². The summed E-state index contributed by atoms with van der Waals surface area (Å²) in [5.74, 6) is 0.306. The second-order valence-electron chi connectivity index (χ2n) is 3.46. The van der Waals surface area contributed by atoms with E-state index in [1.807, 2.05) is 0 Å². The Kier molecular flexibility index (Phi) is 4.79. The van der Waals surface area contributed by atoms with Gasteiger partial charge in [0.05, 0.1) is 0 Å². The van der Waals surface area contributed by atoms with Crippen LogP contribution in [-0.2, 0) is 4.79 Å². The zero-order valence-corrected chi connectivity index (χ0v) is 8.28. The van der Waals surface area contributed by atoms with Crippen molar-refractivity contribution in [3.63, 3.8) is 0 Å². The largest absolute Gasteiger partial charge is 0.295 e. The molecule has 0 bridgehead atoms. The van der Waals surface area contributed by atoms with E-state index in [0.29, 0.717) is 18.7 Å². The average molecular weight is 193 g/mol. The lowest BCUT2D eigenvalue weighted by Crippen LogP contribution is -2.06. The number of Topliss-reactive ketones (excluding diaryl/α,β-unsaturated/α-hetero) is 1. The molecule has 76 valence electrons. The lowest BCUT2D eigenvalue weighted by molar-refractivity contribution is -0.116. The minimum atomic E-state index is 0.306. The fourth-order valence-corrected chi connectivity index (χ4v) is 1.60. The van der Waals surface area contributed by atoms with Gasteiger partial charge in [-0.05, 0) is 43.2 Å². The molecule has 0 atom stereocenters. The molecule has 0 fully saturated rings. The molecular formula is C10H15N3O. The van der Waals surface area contributed by atoms with Crippen molar-refractivity contribution in [3.05, 3.63) is 22.1 Å². The van der Waals surface area contributed by atoms with Gasteiger partial charge in [0.15, 0.2) is 5.78 Å². The second-order valence-corrected chi connectivity index (χ2v) is 3.46. The Morgan fingerprint density at radius 3 is 3.07 bits per heavy atom. The van der Waals surface area contributed by atoms with Crippen LogP contribution in [0.1, 0.15) is 38.5 Å². The summed E-state index contributed by atoms with van der Waals surface area (Å²) < 4.78 is 0. The summed E-state index contributed by atoms with van der Waals surface area (Å²) in [6.45, 7) is 0.540. The highest BCUT2D eigenvalue weighted by Crippen LogP contribution is 2.18. The summed E-state index contributed by atoms with van der Waals surface area (Å²) in [6.07, 6.45) is 7.46. The summed E-state index contributed by atoms with van der Waals surface area (Å²) in [4.78, 5) is 14.0. The van der Waals surface area contributed by atoms with E-state index >= 15 is 0 Å². The number of unbranched alkanes of at least 4 members (excludes halogenated alkanes) is 1. The lowest BCUT2D eigenvalue weighted by Gasteiger charge is -2.10. The first kappa shape index (κ1) is 10.8. The summed E-state index contributed by atoms with van der Waals surface area (Å²) in [6, 6.07) is 0. The zero-order chi connectivity index (χ0) is 10.2. The molecule has 0 aromatic heterocycles. The number of allylic oxidation sites excluding steroid dienone is 2. The topological polar surface area (TPSA) is 65.8 Å². The van der Waals surface area contributed by atoms with Gasteiger partial charge in [0, 0.05) is 17.9 Å². The molecule has 0 radical (unpaired) electrons. The summed E-state index contributed by atoms with van der Waals surface area (Å²) in [7, 11) is 0. The first-order chi connectivity index (χ1) is 6.84. The molecule has 4 heteroatoms. The number of azide groups is 1. The molecule has 1 rings (SSSR count). The number of carbonyl (C=O) groups is 1. The van der Waals surface area contributed by atoms with Crippen LogP contribution in [0.4, 0.5) is 0 Å². The van der Waals surface area contributed by atoms with Gasteiger partial charge in [-0.25, -0.2) is 0 Å². The maximum atomic E-state index is 11.4. The van der Waals surface area contributed by atoms with Gasteiger partial charge in [0.2, 0.25) is 0 Å². The van der Waals surface area contributed by atoms with Crippen molar-refractivity contribution < 1.29 is 4.79 Å². The average Bonchev–Trinajstić information content (AvgIpc) is 2.20. The number of carbonyl (C=O) groups excluding carboxylic acids is 1. The van der Waals surface area contributed by atoms with E-state index < -0.39 is 0 Å². The van der Waals surface area contributed by atoms with E-state index in [-0.39, 0.29) is 0 Å². The molecule has 0 saturated heterocycles. The van der Waals surface area contributed by atoms with Gasteiger partial charge in [-0.15, -0.1) is 0 Å². The third-order valence-corrected chi connectivity index (χ3v) is 2.37. The number of hydrogen-bond donors (Lipinski definition) is 0. The molecule has 0 aliphatic heterocycles. The maximum absolute atomic E-state index is 11.4. The van der Waals surface area contributed by atoms with Crippen LogP contribution < -0.4 is 0 Å². The monoisotopic (exact) mass is 193 g/mol. The van der Waals surface area contributed by atoms with Gasteiger partial charge in [-0.2, -0.15) is 0 Å². The minimum absolute atomic E-state index is 0.306. The van der Waals surface area contributed by atoms with Gasteiger partial charge in [0.1, 0.15) is 0 Å². The first-order valence-electron chi connectivity index (χ1n) is 5.07. The van der Waals surface area contributed by atoms with Crippen LogP contribution in [0, 0.1) is 0 Å². The van der Waals surface area contributed by atoms with Crippen molar-refractivity contribution in [2.75, 3.05) is 6.54 Å². The molecule has 14 heavy (non-hydrogen) atoms. The van der Waals surface area contributed by atoms with Crippen LogP contribution in [-0.4, -0.2) is 12.3 Å². The standard InChI is InChI=1S/C10H15N3O/c11-13-12-8-4-3-6-9-5-1-2-7-10(9)14/h5H,1-4,6-8H2. The molecule has 0 heterocycles. The smallest absolute Gasteiger partial charge is 0.158 e. The van der Waals surface area contributed by atoms with Crippen molar-refractivity contribution in [1.29, 1.82) is 0 Å². The van der Waals surface area contributed by atoms with Gasteiger partial charge in [0.25, 0.3) is 0 Å². The quantitative estimate of drug-likeness (QED) is 0.286.